The second-order valence-electron chi connectivity index (χ2n) is 5.39. The number of carbonyl (C=O) groups is 1. The van der Waals surface area contributed by atoms with Crippen molar-refractivity contribution >= 4 is 39.9 Å². The molecule has 24 heavy (non-hydrogen) atoms. The lowest BCUT2D eigenvalue weighted by Gasteiger charge is -2.14. The number of nitrogens with one attached hydrogen (secondary N) is 3. The zero-order valence-corrected chi connectivity index (χ0v) is 15.3. The van der Waals surface area contributed by atoms with E-state index in [1.165, 1.54) is 12.1 Å². The molecule has 2 atom stereocenters. The van der Waals surface area contributed by atoms with Crippen LogP contribution in [0.3, 0.4) is 0 Å². The zero-order chi connectivity index (χ0) is 16.9. The van der Waals surface area contributed by atoms with E-state index in [4.69, 9.17) is 11.6 Å². The fourth-order valence-corrected chi connectivity index (χ4v) is 3.61. The molecule has 1 fully saturated rings. The molecule has 2 unspecified atom stereocenters. The Morgan fingerprint density at radius 2 is 2.12 bits per heavy atom. The average Bonchev–Trinajstić information content (AvgIpc) is 2.90. The Labute approximate surface area is 152 Å². The fourth-order valence-electron chi connectivity index (χ4n) is 2.28. The number of aliphatic hydroxyl groups is 1. The van der Waals surface area contributed by atoms with Gasteiger partial charge in [-0.1, -0.05) is 17.7 Å². The van der Waals surface area contributed by atoms with Gasteiger partial charge in [-0.25, -0.2) is 13.1 Å². The van der Waals surface area contributed by atoms with Crippen molar-refractivity contribution in [1.82, 2.24) is 15.4 Å². The van der Waals surface area contributed by atoms with Gasteiger partial charge in [0, 0.05) is 43.5 Å². The van der Waals surface area contributed by atoms with E-state index in [-0.39, 0.29) is 42.1 Å². The number of amides is 1. The number of aliphatic hydroxyl groups excluding tert-OH is 1. The first kappa shape index (κ1) is 21.1. The third-order valence-electron chi connectivity index (χ3n) is 3.62. The molecular weight excluding hydrogens is 377 g/mol. The first-order chi connectivity index (χ1) is 10.9. The normalized spacial score (nSPS) is 20.4. The van der Waals surface area contributed by atoms with Crippen LogP contribution >= 0.6 is 24.0 Å². The van der Waals surface area contributed by atoms with Gasteiger partial charge in [-0.05, 0) is 18.2 Å². The molecule has 0 saturated carbocycles. The van der Waals surface area contributed by atoms with Gasteiger partial charge in [0.25, 0.3) is 0 Å². The van der Waals surface area contributed by atoms with Gasteiger partial charge in [0.05, 0.1) is 11.0 Å². The Morgan fingerprint density at radius 3 is 2.75 bits per heavy atom. The average molecular weight is 398 g/mol. The number of β-amino-alcohol motifs (C(OH)–C–C–N with tert-alkyl or cyclic N) is 1. The summed E-state index contributed by atoms with van der Waals surface area (Å²) in [6.07, 6.45) is -0.438. The smallest absolute Gasteiger partial charge is 0.240 e. The monoisotopic (exact) mass is 397 g/mol. The Bertz CT molecular complexity index is 657. The minimum atomic E-state index is -3.68. The van der Waals surface area contributed by atoms with Crippen LogP contribution < -0.4 is 15.4 Å². The summed E-state index contributed by atoms with van der Waals surface area (Å²) in [4.78, 5) is 11.8. The molecule has 1 amide bonds. The maximum absolute atomic E-state index is 12.0. The van der Waals surface area contributed by atoms with Crippen LogP contribution in [0.1, 0.15) is 6.42 Å². The van der Waals surface area contributed by atoms with Crippen LogP contribution in [0.25, 0.3) is 0 Å². The highest BCUT2D eigenvalue weighted by Crippen LogP contribution is 2.15. The summed E-state index contributed by atoms with van der Waals surface area (Å²) in [5.41, 5.74) is 0. The van der Waals surface area contributed by atoms with E-state index in [9.17, 15) is 18.3 Å². The Kier molecular flexibility index (Phi) is 8.41. The van der Waals surface area contributed by atoms with Crippen molar-refractivity contribution < 1.29 is 18.3 Å². The van der Waals surface area contributed by atoms with Gasteiger partial charge in [0.2, 0.25) is 15.9 Å². The molecule has 0 aliphatic carbocycles. The maximum Gasteiger partial charge on any atom is 0.240 e. The lowest BCUT2D eigenvalue weighted by atomic mass is 10.1. The second kappa shape index (κ2) is 9.55. The Hall–Kier alpha value is -0.900. The molecule has 0 spiro atoms. The van der Waals surface area contributed by atoms with Gasteiger partial charge in [-0.3, -0.25) is 4.79 Å². The lowest BCUT2D eigenvalue weighted by Crippen LogP contribution is -2.36. The van der Waals surface area contributed by atoms with Crippen molar-refractivity contribution in [2.24, 2.45) is 5.92 Å². The number of hydrogen-bond acceptors (Lipinski definition) is 5. The summed E-state index contributed by atoms with van der Waals surface area (Å²) in [5, 5.41) is 15.7. The summed E-state index contributed by atoms with van der Waals surface area (Å²) in [5.74, 6) is -0.278. The van der Waals surface area contributed by atoms with E-state index in [0.717, 1.165) is 0 Å². The van der Waals surface area contributed by atoms with Gasteiger partial charge in [0.1, 0.15) is 0 Å². The highest BCUT2D eigenvalue weighted by atomic mass is 35.5. The van der Waals surface area contributed by atoms with Gasteiger partial charge in [-0.2, -0.15) is 0 Å². The molecule has 7 nitrogen and oxygen atoms in total. The lowest BCUT2D eigenvalue weighted by molar-refractivity contribution is -0.121. The topological polar surface area (TPSA) is 108 Å². The largest absolute Gasteiger partial charge is 0.391 e. The summed E-state index contributed by atoms with van der Waals surface area (Å²) in [6.45, 7) is 1.54. The van der Waals surface area contributed by atoms with Crippen LogP contribution in [0.5, 0.6) is 0 Å². The number of halogens is 2. The minimum absolute atomic E-state index is 0. The highest BCUT2D eigenvalue weighted by Gasteiger charge is 2.25. The highest BCUT2D eigenvalue weighted by molar-refractivity contribution is 7.89. The molecule has 1 aliphatic rings. The standard InChI is InChI=1S/C14H20ClN3O4S.ClH/c15-11-2-1-3-12(6-11)23(21,22)18-5-4-14(20)17-8-10-7-16-9-13(10)19;/h1-3,6,10,13,16,18-19H,4-5,7-9H2,(H,17,20);1H. The van der Waals surface area contributed by atoms with Gasteiger partial charge >= 0.3 is 0 Å². The van der Waals surface area contributed by atoms with E-state index >= 15 is 0 Å². The van der Waals surface area contributed by atoms with Gasteiger partial charge in [-0.15, -0.1) is 12.4 Å². The first-order valence-electron chi connectivity index (χ1n) is 7.29. The second-order valence-corrected chi connectivity index (χ2v) is 7.60. The molecule has 10 heteroatoms. The molecule has 1 heterocycles. The third kappa shape index (κ3) is 6.19. The summed E-state index contributed by atoms with van der Waals surface area (Å²) >= 11 is 5.77. The van der Waals surface area contributed by atoms with E-state index < -0.39 is 16.1 Å². The number of benzene rings is 1. The number of carbonyl (C=O) groups excluding carboxylic acids is 1. The summed E-state index contributed by atoms with van der Waals surface area (Å²) in [7, 11) is -3.68. The molecule has 1 aromatic rings. The van der Waals surface area contributed by atoms with Crippen molar-refractivity contribution in [3.8, 4) is 0 Å². The molecule has 1 aliphatic heterocycles. The van der Waals surface area contributed by atoms with Crippen molar-refractivity contribution in [3.63, 3.8) is 0 Å². The van der Waals surface area contributed by atoms with Crippen LogP contribution in [0.2, 0.25) is 5.02 Å². The Morgan fingerprint density at radius 1 is 1.38 bits per heavy atom. The SMILES string of the molecule is Cl.O=C(CCNS(=O)(=O)c1cccc(Cl)c1)NCC1CNCC1O. The molecule has 4 N–H and O–H groups in total. The molecule has 0 bridgehead atoms. The molecule has 1 aromatic carbocycles. The fraction of sp³-hybridized carbons (Fsp3) is 0.500. The van der Waals surface area contributed by atoms with Crippen molar-refractivity contribution in [1.29, 1.82) is 0 Å². The number of rotatable bonds is 7. The molecule has 0 radical (unpaired) electrons. The third-order valence-corrected chi connectivity index (χ3v) is 5.31. The van der Waals surface area contributed by atoms with E-state index in [1.807, 2.05) is 0 Å². The molecule has 2 rings (SSSR count). The van der Waals surface area contributed by atoms with Crippen LogP contribution in [0, 0.1) is 5.92 Å². The van der Waals surface area contributed by atoms with E-state index in [0.29, 0.717) is 24.7 Å². The molecule has 0 aromatic heterocycles. The minimum Gasteiger partial charge on any atom is -0.391 e. The van der Waals surface area contributed by atoms with E-state index in [1.54, 1.807) is 12.1 Å². The van der Waals surface area contributed by atoms with Crippen molar-refractivity contribution in [2.75, 3.05) is 26.2 Å². The molecular formula is C14H21Cl2N3O4S. The number of hydrogen-bond donors (Lipinski definition) is 4. The predicted molar refractivity (Wildman–Crippen MR) is 93.9 cm³/mol. The van der Waals surface area contributed by atoms with Crippen LogP contribution in [0.4, 0.5) is 0 Å². The quantitative estimate of drug-likeness (QED) is 0.522. The van der Waals surface area contributed by atoms with E-state index in [2.05, 4.69) is 15.4 Å². The van der Waals surface area contributed by atoms with Crippen molar-refractivity contribution in [3.05, 3.63) is 29.3 Å². The summed E-state index contributed by atoms with van der Waals surface area (Å²) < 4.78 is 26.4. The Balaban J connectivity index is 0.00000288. The van der Waals surface area contributed by atoms with Crippen LogP contribution in [0.15, 0.2) is 29.2 Å². The number of sulfonamides is 1. The zero-order valence-electron chi connectivity index (χ0n) is 12.9. The van der Waals surface area contributed by atoms with Crippen LogP contribution in [-0.4, -0.2) is 51.7 Å². The maximum atomic E-state index is 12.0. The van der Waals surface area contributed by atoms with Crippen molar-refractivity contribution in [2.45, 2.75) is 17.4 Å². The van der Waals surface area contributed by atoms with Crippen LogP contribution in [-0.2, 0) is 14.8 Å². The molecule has 1 saturated heterocycles. The first-order valence-corrected chi connectivity index (χ1v) is 9.15. The van der Waals surface area contributed by atoms with Gasteiger partial charge < -0.3 is 15.7 Å². The predicted octanol–water partition coefficient (Wildman–Crippen LogP) is 0.127. The van der Waals surface area contributed by atoms with Gasteiger partial charge in [0.15, 0.2) is 0 Å². The molecule has 136 valence electrons. The summed E-state index contributed by atoms with van der Waals surface area (Å²) in [6, 6.07) is 5.91.